The van der Waals surface area contributed by atoms with Gasteiger partial charge in [0.15, 0.2) is 0 Å². The first-order valence-corrected chi connectivity index (χ1v) is 18.2. The molecule has 258 valence electrons. The van der Waals surface area contributed by atoms with Gasteiger partial charge in [0.25, 0.3) is 0 Å². The summed E-state index contributed by atoms with van der Waals surface area (Å²) in [5.74, 6) is -0.230. The Bertz CT molecular complexity index is 1830. The van der Waals surface area contributed by atoms with Crippen molar-refractivity contribution in [3.05, 3.63) is 115 Å². The molecular weight excluding hydrogens is 663 g/mol. The summed E-state index contributed by atoms with van der Waals surface area (Å²) in [6.45, 7) is 2.15. The summed E-state index contributed by atoms with van der Waals surface area (Å²) in [4.78, 5) is 30.7. The molecule has 2 aromatic carbocycles. The van der Waals surface area contributed by atoms with Crippen LogP contribution in [-0.4, -0.2) is 70.1 Å². The number of carboxylic acids is 1. The normalized spacial score (nSPS) is 17.4. The maximum atomic E-state index is 12.7. The Morgan fingerprint density at radius 3 is 2.33 bits per heavy atom. The minimum Gasteiger partial charge on any atom is -0.506 e. The van der Waals surface area contributed by atoms with Crippen LogP contribution in [-0.2, 0) is 21.7 Å². The molecule has 0 radical (unpaired) electrons. The molecule has 0 spiro atoms. The number of thiophene rings is 2. The van der Waals surface area contributed by atoms with Crippen LogP contribution >= 0.6 is 22.7 Å². The van der Waals surface area contributed by atoms with Crippen LogP contribution in [0.4, 0.5) is 0 Å². The number of nitrogens with one attached hydrogen (secondary N) is 2. The van der Waals surface area contributed by atoms with Gasteiger partial charge < -0.3 is 40.0 Å². The molecule has 1 atom stereocenters. The largest absolute Gasteiger partial charge is 0.506 e. The summed E-state index contributed by atoms with van der Waals surface area (Å²) in [6.07, 6.45) is 2.46. The Morgan fingerprint density at radius 2 is 1.69 bits per heavy atom. The lowest BCUT2D eigenvalue weighted by Gasteiger charge is -2.38. The second-order valence-electron chi connectivity index (χ2n) is 12.4. The third-order valence-corrected chi connectivity index (χ3v) is 11.2. The summed E-state index contributed by atoms with van der Waals surface area (Å²) in [5, 5.41) is 39.0. The van der Waals surface area contributed by atoms with Crippen molar-refractivity contribution in [1.82, 2.24) is 15.2 Å². The van der Waals surface area contributed by atoms with Crippen molar-refractivity contribution >= 4 is 39.5 Å². The van der Waals surface area contributed by atoms with Crippen LogP contribution < -0.4 is 15.6 Å². The van der Waals surface area contributed by atoms with Crippen LogP contribution in [0.3, 0.4) is 0 Å². The van der Waals surface area contributed by atoms with Gasteiger partial charge in [-0.25, -0.2) is 4.79 Å². The molecule has 3 aromatic heterocycles. The van der Waals surface area contributed by atoms with Crippen molar-refractivity contribution in [2.75, 3.05) is 26.7 Å². The van der Waals surface area contributed by atoms with Gasteiger partial charge in [0.1, 0.15) is 18.1 Å². The number of phenolic OH excluding ortho intramolecular Hbond substituents is 1. The average molecular weight is 704 g/mol. The van der Waals surface area contributed by atoms with E-state index in [2.05, 4.69) is 22.2 Å². The maximum absolute atomic E-state index is 12.7. The fourth-order valence-corrected chi connectivity index (χ4v) is 8.33. The lowest BCUT2D eigenvalue weighted by Crippen LogP contribution is -2.45. The number of H-pyrrole nitrogens is 1. The number of aromatic hydroxyl groups is 1. The fourth-order valence-electron chi connectivity index (χ4n) is 6.52. The molecule has 0 saturated heterocycles. The van der Waals surface area contributed by atoms with Gasteiger partial charge in [0, 0.05) is 37.1 Å². The molecule has 1 fully saturated rings. The Kier molecular flexibility index (Phi) is 11.1. The number of aromatic nitrogens is 1. The molecule has 1 aliphatic carbocycles. The van der Waals surface area contributed by atoms with Gasteiger partial charge in [-0.15, -0.1) is 22.7 Å². The number of nitrogens with zero attached hydrogens (tertiary/aromatic N) is 1. The van der Waals surface area contributed by atoms with Crippen LogP contribution in [0.5, 0.6) is 11.5 Å². The zero-order valence-corrected chi connectivity index (χ0v) is 28.8. The van der Waals surface area contributed by atoms with E-state index >= 15 is 0 Å². The molecular formula is C37H41N3O7S2. The van der Waals surface area contributed by atoms with Gasteiger partial charge in [-0.1, -0.05) is 30.3 Å². The van der Waals surface area contributed by atoms with Crippen LogP contribution in [0, 0.1) is 0 Å². The molecule has 1 saturated carbocycles. The van der Waals surface area contributed by atoms with E-state index in [-0.39, 0.29) is 17.4 Å². The van der Waals surface area contributed by atoms with Crippen molar-refractivity contribution in [3.63, 3.8) is 0 Å². The Labute approximate surface area is 292 Å². The second-order valence-corrected chi connectivity index (χ2v) is 14.3. The number of phenols is 1. The van der Waals surface area contributed by atoms with Gasteiger partial charge in [-0.2, -0.15) is 0 Å². The highest BCUT2D eigenvalue weighted by Crippen LogP contribution is 2.42. The molecule has 6 rings (SSSR count). The second kappa shape index (κ2) is 15.7. The maximum Gasteiger partial charge on any atom is 0.347 e. The Balaban J connectivity index is 0.934. The average Bonchev–Trinajstić information content (AvgIpc) is 3.85. The van der Waals surface area contributed by atoms with Crippen molar-refractivity contribution in [2.45, 2.75) is 56.1 Å². The third-order valence-electron chi connectivity index (χ3n) is 9.22. The molecule has 0 unspecified atom stereocenters. The predicted molar refractivity (Wildman–Crippen MR) is 192 cm³/mol. The zero-order chi connectivity index (χ0) is 34.4. The smallest absolute Gasteiger partial charge is 0.347 e. The quantitative estimate of drug-likeness (QED) is 0.0908. The van der Waals surface area contributed by atoms with Crippen molar-refractivity contribution in [2.24, 2.45) is 0 Å². The van der Waals surface area contributed by atoms with Gasteiger partial charge in [-0.05, 0) is 91.0 Å². The highest BCUT2D eigenvalue weighted by atomic mass is 32.1. The molecule has 5 aromatic rings. The van der Waals surface area contributed by atoms with Gasteiger partial charge in [0.2, 0.25) is 11.2 Å². The lowest BCUT2D eigenvalue weighted by molar-refractivity contribution is -0.170. The molecule has 0 bridgehead atoms. The molecule has 10 nitrogen and oxygen atoms in total. The number of fused-ring (bicyclic) bond motifs is 1. The van der Waals surface area contributed by atoms with Gasteiger partial charge in [0.05, 0.1) is 27.5 Å². The number of likely N-dealkylation sites (N-methyl/N-ethyl adjacent to an activating group) is 1. The number of carbonyl (C=O) groups is 1. The number of benzene rings is 2. The Hall–Kier alpha value is -4.04. The number of aliphatic hydroxyl groups excluding tert-OH is 1. The van der Waals surface area contributed by atoms with E-state index in [1.807, 2.05) is 59.3 Å². The first-order chi connectivity index (χ1) is 23.7. The fraction of sp³-hybridized carbons (Fsp3) is 0.351. The van der Waals surface area contributed by atoms with E-state index in [9.17, 15) is 24.9 Å². The van der Waals surface area contributed by atoms with Gasteiger partial charge >= 0.3 is 5.97 Å². The molecule has 0 aliphatic heterocycles. The van der Waals surface area contributed by atoms with Crippen molar-refractivity contribution < 1.29 is 29.6 Å². The monoisotopic (exact) mass is 703 g/mol. The van der Waals surface area contributed by atoms with Crippen LogP contribution in [0.15, 0.2) is 88.4 Å². The minimum absolute atomic E-state index is 0.0378. The number of hydrogen-bond acceptors (Lipinski definition) is 10. The predicted octanol–water partition coefficient (Wildman–Crippen LogP) is 5.85. The number of ether oxygens (including phenoxy) is 2. The topological polar surface area (TPSA) is 144 Å². The van der Waals surface area contributed by atoms with E-state index in [0.29, 0.717) is 52.0 Å². The first-order valence-electron chi connectivity index (χ1n) is 16.4. The van der Waals surface area contributed by atoms with E-state index < -0.39 is 17.7 Å². The van der Waals surface area contributed by atoms with E-state index in [1.54, 1.807) is 12.1 Å². The summed E-state index contributed by atoms with van der Waals surface area (Å²) in [7, 11) is 2.11. The first kappa shape index (κ1) is 34.8. The highest BCUT2D eigenvalue weighted by Gasteiger charge is 2.48. The van der Waals surface area contributed by atoms with E-state index in [1.165, 1.54) is 34.8 Å². The zero-order valence-electron chi connectivity index (χ0n) is 27.2. The van der Waals surface area contributed by atoms with Crippen molar-refractivity contribution in [1.29, 1.82) is 0 Å². The molecule has 1 aliphatic rings. The lowest BCUT2D eigenvalue weighted by atomic mass is 9.90. The third kappa shape index (κ3) is 7.90. The molecule has 0 amide bonds. The molecule has 5 N–H and O–H groups in total. The van der Waals surface area contributed by atoms with E-state index in [0.717, 1.165) is 43.5 Å². The van der Waals surface area contributed by atoms with Crippen molar-refractivity contribution in [3.8, 4) is 11.5 Å². The minimum atomic E-state index is -1.47. The molecule has 49 heavy (non-hydrogen) atoms. The number of aliphatic carboxylic acids is 1. The van der Waals surface area contributed by atoms with Gasteiger partial charge in [-0.3, -0.25) is 4.79 Å². The summed E-state index contributed by atoms with van der Waals surface area (Å²) >= 11 is 2.83. The van der Waals surface area contributed by atoms with Crippen LogP contribution in [0.25, 0.3) is 10.9 Å². The Morgan fingerprint density at radius 1 is 1.00 bits per heavy atom. The van der Waals surface area contributed by atoms with E-state index in [4.69, 9.17) is 9.47 Å². The number of hydrogen-bond donors (Lipinski definition) is 5. The molecule has 3 heterocycles. The number of carboxylic acid groups (broad SMARTS) is 1. The number of rotatable bonds is 15. The SMILES string of the molecule is CN(CCOc1ccc(CNC[C@H](O)c2ccc(O)c3[nH]c(=O)ccc23)cc1)C1CCC(OC(C(=O)O)(c2cccs2)c2cccs2)CC1. The van der Waals surface area contributed by atoms with Crippen LogP contribution in [0.2, 0.25) is 0 Å². The molecule has 12 heteroatoms. The number of pyridine rings is 1. The summed E-state index contributed by atoms with van der Waals surface area (Å²) < 4.78 is 12.6. The summed E-state index contributed by atoms with van der Waals surface area (Å²) in [6, 6.07) is 21.8. The summed E-state index contributed by atoms with van der Waals surface area (Å²) in [5.41, 5.74) is 0.185. The van der Waals surface area contributed by atoms with Crippen LogP contribution in [0.1, 0.15) is 52.7 Å². The number of aliphatic hydroxyl groups is 1. The highest BCUT2D eigenvalue weighted by molar-refractivity contribution is 7.12. The number of aromatic amines is 1. The standard InChI is InChI=1S/C37H41N3O7S2/c1-40(25-8-12-27(13-9-25)47-37(36(44)45,32-4-2-20-48-32)33-5-3-21-49-33)18-19-46-26-10-6-24(7-11-26)22-38-23-31(42)28-14-16-30(41)35-29(28)15-17-34(43)39-35/h2-7,10-11,14-17,20-21,25,27,31,38,41-42H,8-9,12-13,18-19,22-23H2,1H3,(H,39,43)(H,44,45)/t25?,27?,31-/m0/s1.